The van der Waals surface area contributed by atoms with Crippen LogP contribution in [0.15, 0.2) is 36.4 Å². The molecule has 0 bridgehead atoms. The number of fused-ring (bicyclic) bond motifs is 1. The molecule has 0 amide bonds. The second-order valence-corrected chi connectivity index (χ2v) is 6.05. The Bertz CT molecular complexity index is 540. The second-order valence-electron chi connectivity index (χ2n) is 6.05. The van der Waals surface area contributed by atoms with Gasteiger partial charge in [-0.15, -0.1) is 0 Å². The minimum Gasteiger partial charge on any atom is -0.330 e. The zero-order chi connectivity index (χ0) is 13.2. The van der Waals surface area contributed by atoms with Crippen LogP contribution in [0.5, 0.6) is 0 Å². The van der Waals surface area contributed by atoms with E-state index in [4.69, 9.17) is 5.73 Å². The lowest BCUT2D eigenvalue weighted by Crippen LogP contribution is -2.23. The number of hydrogen-bond donors (Lipinski definition) is 1. The summed E-state index contributed by atoms with van der Waals surface area (Å²) in [6.07, 6.45) is 2.24. The Morgan fingerprint density at radius 3 is 2.39 bits per heavy atom. The molecule has 18 heavy (non-hydrogen) atoms. The Morgan fingerprint density at radius 1 is 1.00 bits per heavy atom. The molecule has 0 saturated carbocycles. The molecular formula is C17H23N. The summed E-state index contributed by atoms with van der Waals surface area (Å²) in [4.78, 5) is 0. The lowest BCUT2D eigenvalue weighted by atomic mass is 9.86. The molecular weight excluding hydrogens is 218 g/mol. The zero-order valence-electron chi connectivity index (χ0n) is 11.7. The summed E-state index contributed by atoms with van der Waals surface area (Å²) < 4.78 is 0. The normalized spacial score (nSPS) is 12.0. The Hall–Kier alpha value is -1.34. The summed E-state index contributed by atoms with van der Waals surface area (Å²) in [5.41, 5.74) is 8.75. The molecule has 0 radical (unpaired) electrons. The first kappa shape index (κ1) is 13.1. The first-order valence-electron chi connectivity index (χ1n) is 6.69. The summed E-state index contributed by atoms with van der Waals surface area (Å²) in [6, 6.07) is 13.4. The fraction of sp³-hybridized carbons (Fsp3) is 0.412. The van der Waals surface area contributed by atoms with Crippen molar-refractivity contribution in [2.45, 2.75) is 33.6 Å². The monoisotopic (exact) mass is 241 g/mol. The third-order valence-electron chi connectivity index (χ3n) is 3.70. The van der Waals surface area contributed by atoms with Gasteiger partial charge in [-0.3, -0.25) is 0 Å². The Balaban J connectivity index is 2.18. The van der Waals surface area contributed by atoms with Crippen molar-refractivity contribution in [3.05, 3.63) is 47.5 Å². The van der Waals surface area contributed by atoms with Crippen molar-refractivity contribution in [2.75, 3.05) is 6.54 Å². The summed E-state index contributed by atoms with van der Waals surface area (Å²) in [5.74, 6) is 0. The molecule has 0 aliphatic rings. The van der Waals surface area contributed by atoms with E-state index < -0.39 is 0 Å². The van der Waals surface area contributed by atoms with Gasteiger partial charge in [-0.25, -0.2) is 0 Å². The molecule has 0 aromatic heterocycles. The Morgan fingerprint density at radius 2 is 1.67 bits per heavy atom. The molecule has 2 aromatic rings. The van der Waals surface area contributed by atoms with E-state index >= 15 is 0 Å². The van der Waals surface area contributed by atoms with Crippen LogP contribution in [-0.4, -0.2) is 6.54 Å². The maximum atomic E-state index is 5.78. The third-order valence-corrected chi connectivity index (χ3v) is 3.70. The predicted molar refractivity (Wildman–Crippen MR) is 79.8 cm³/mol. The lowest BCUT2D eigenvalue weighted by Gasteiger charge is -2.22. The van der Waals surface area contributed by atoms with Crippen molar-refractivity contribution in [3.8, 4) is 0 Å². The molecule has 96 valence electrons. The highest BCUT2D eigenvalue weighted by Crippen LogP contribution is 2.23. The minimum absolute atomic E-state index is 0.238. The zero-order valence-corrected chi connectivity index (χ0v) is 11.7. The highest BCUT2D eigenvalue weighted by Gasteiger charge is 2.15. The van der Waals surface area contributed by atoms with E-state index in [9.17, 15) is 0 Å². The van der Waals surface area contributed by atoms with E-state index in [-0.39, 0.29) is 5.41 Å². The molecule has 0 atom stereocenters. The SMILES string of the molecule is Cc1ccc2cc(CCC(C)(C)CN)ccc2c1. The summed E-state index contributed by atoms with van der Waals surface area (Å²) >= 11 is 0. The van der Waals surface area contributed by atoms with E-state index in [0.29, 0.717) is 0 Å². The highest BCUT2D eigenvalue weighted by molar-refractivity contribution is 5.83. The molecule has 2 rings (SSSR count). The van der Waals surface area contributed by atoms with Crippen LogP contribution in [0.4, 0.5) is 0 Å². The lowest BCUT2D eigenvalue weighted by molar-refractivity contribution is 0.348. The molecule has 2 N–H and O–H groups in total. The van der Waals surface area contributed by atoms with Crippen LogP contribution in [0.3, 0.4) is 0 Å². The van der Waals surface area contributed by atoms with Gasteiger partial charge in [0, 0.05) is 0 Å². The van der Waals surface area contributed by atoms with E-state index in [2.05, 4.69) is 57.2 Å². The van der Waals surface area contributed by atoms with E-state index in [1.54, 1.807) is 0 Å². The smallest absolute Gasteiger partial charge is 0.00257 e. The minimum atomic E-state index is 0.238. The van der Waals surface area contributed by atoms with Gasteiger partial charge in [-0.2, -0.15) is 0 Å². The van der Waals surface area contributed by atoms with Gasteiger partial charge in [0.2, 0.25) is 0 Å². The van der Waals surface area contributed by atoms with Crippen LogP contribution < -0.4 is 5.73 Å². The fourth-order valence-corrected chi connectivity index (χ4v) is 2.15. The topological polar surface area (TPSA) is 26.0 Å². The summed E-state index contributed by atoms with van der Waals surface area (Å²) in [5, 5.41) is 2.67. The maximum Gasteiger partial charge on any atom is -0.00257 e. The number of benzene rings is 2. The highest BCUT2D eigenvalue weighted by atomic mass is 14.6. The van der Waals surface area contributed by atoms with Crippen LogP contribution >= 0.6 is 0 Å². The van der Waals surface area contributed by atoms with Crippen molar-refractivity contribution in [1.82, 2.24) is 0 Å². The van der Waals surface area contributed by atoms with Gasteiger partial charge in [-0.1, -0.05) is 55.8 Å². The largest absolute Gasteiger partial charge is 0.330 e. The first-order chi connectivity index (χ1) is 8.50. The fourth-order valence-electron chi connectivity index (χ4n) is 2.15. The van der Waals surface area contributed by atoms with Gasteiger partial charge in [0.15, 0.2) is 0 Å². The van der Waals surface area contributed by atoms with Crippen LogP contribution in [0, 0.1) is 12.3 Å². The van der Waals surface area contributed by atoms with Crippen molar-refractivity contribution < 1.29 is 0 Å². The number of aryl methyl sites for hydroxylation is 2. The molecule has 1 nitrogen and oxygen atoms in total. The Labute approximate surface area is 110 Å². The van der Waals surface area contributed by atoms with Crippen LogP contribution in [-0.2, 0) is 6.42 Å². The quantitative estimate of drug-likeness (QED) is 0.858. The van der Waals surface area contributed by atoms with Gasteiger partial charge in [-0.05, 0) is 48.1 Å². The van der Waals surface area contributed by atoms with Crippen molar-refractivity contribution >= 4 is 10.8 Å². The Kier molecular flexibility index (Phi) is 3.72. The maximum absolute atomic E-state index is 5.78. The van der Waals surface area contributed by atoms with Crippen LogP contribution in [0.1, 0.15) is 31.4 Å². The van der Waals surface area contributed by atoms with Crippen LogP contribution in [0.25, 0.3) is 10.8 Å². The van der Waals surface area contributed by atoms with Crippen molar-refractivity contribution in [1.29, 1.82) is 0 Å². The van der Waals surface area contributed by atoms with Gasteiger partial charge >= 0.3 is 0 Å². The molecule has 0 spiro atoms. The predicted octanol–water partition coefficient (Wildman–Crippen LogP) is 4.07. The van der Waals surface area contributed by atoms with Gasteiger partial charge in [0.25, 0.3) is 0 Å². The van der Waals surface area contributed by atoms with Gasteiger partial charge < -0.3 is 5.73 Å². The van der Waals surface area contributed by atoms with Crippen molar-refractivity contribution in [3.63, 3.8) is 0 Å². The molecule has 0 aliphatic carbocycles. The standard InChI is InChI=1S/C17H23N/c1-13-4-6-16-11-14(5-7-15(16)10-13)8-9-17(2,3)12-18/h4-7,10-11H,8-9,12,18H2,1-3H3. The third kappa shape index (κ3) is 3.11. The first-order valence-corrected chi connectivity index (χ1v) is 6.69. The molecule has 1 heteroatoms. The van der Waals surface area contributed by atoms with Crippen molar-refractivity contribution in [2.24, 2.45) is 11.1 Å². The summed E-state index contributed by atoms with van der Waals surface area (Å²) in [7, 11) is 0. The molecule has 0 aliphatic heterocycles. The molecule has 0 heterocycles. The van der Waals surface area contributed by atoms with E-state index in [1.165, 1.54) is 21.9 Å². The number of nitrogens with two attached hydrogens (primary N) is 1. The number of hydrogen-bond acceptors (Lipinski definition) is 1. The molecule has 0 saturated heterocycles. The van der Waals surface area contributed by atoms with E-state index in [1.807, 2.05) is 0 Å². The molecule has 0 fully saturated rings. The second kappa shape index (κ2) is 5.11. The van der Waals surface area contributed by atoms with E-state index in [0.717, 1.165) is 19.4 Å². The average molecular weight is 241 g/mol. The number of rotatable bonds is 4. The summed E-state index contributed by atoms with van der Waals surface area (Å²) in [6.45, 7) is 7.35. The average Bonchev–Trinajstić information content (AvgIpc) is 2.36. The van der Waals surface area contributed by atoms with Gasteiger partial charge in [0.1, 0.15) is 0 Å². The van der Waals surface area contributed by atoms with Gasteiger partial charge in [0.05, 0.1) is 0 Å². The molecule has 0 unspecified atom stereocenters. The molecule has 2 aromatic carbocycles. The van der Waals surface area contributed by atoms with Crippen LogP contribution in [0.2, 0.25) is 0 Å².